The number of hydrogen-bond acceptors (Lipinski definition) is 1. The van der Waals surface area contributed by atoms with Crippen molar-refractivity contribution in [3.8, 4) is 0 Å². The van der Waals surface area contributed by atoms with Crippen LogP contribution >= 0.6 is 0 Å². The maximum Gasteiger partial charge on any atom is 0.0433 e. The second-order valence-electron chi connectivity index (χ2n) is 9.78. The zero-order chi connectivity index (χ0) is 23.9. The summed E-state index contributed by atoms with van der Waals surface area (Å²) in [5, 5.41) is 8.63. The Morgan fingerprint density at radius 2 is 1.06 bits per heavy atom. The summed E-state index contributed by atoms with van der Waals surface area (Å²) in [6.45, 7) is 31.0. The molecule has 0 fully saturated rings. The first-order valence-corrected chi connectivity index (χ1v) is 12.3. The molecule has 1 nitrogen and oxygen atoms in total. The second-order valence-corrected chi connectivity index (χ2v) is 9.78. The van der Waals surface area contributed by atoms with E-state index >= 15 is 0 Å². The molecule has 0 saturated carbocycles. The maximum atomic E-state index is 8.63. The van der Waals surface area contributed by atoms with Gasteiger partial charge in [-0.1, -0.05) is 76.5 Å². The molecule has 0 bridgehead atoms. The summed E-state index contributed by atoms with van der Waals surface area (Å²) in [6, 6.07) is 0. The zero-order valence-electron chi connectivity index (χ0n) is 22.6. The van der Waals surface area contributed by atoms with E-state index < -0.39 is 0 Å². The van der Waals surface area contributed by atoms with Gasteiger partial charge in [-0.05, 0) is 71.1 Å². The average molecular weight is 511 g/mol. The Morgan fingerprint density at radius 3 is 1.35 bits per heavy atom. The van der Waals surface area contributed by atoms with Crippen LogP contribution in [0.5, 0.6) is 0 Å². The quantitative estimate of drug-likeness (QED) is 0.172. The summed E-state index contributed by atoms with van der Waals surface area (Å²) in [6.07, 6.45) is 13.4. The minimum Gasteiger partial charge on any atom is -0.396 e. The van der Waals surface area contributed by atoms with Gasteiger partial charge in [0.15, 0.2) is 0 Å². The van der Waals surface area contributed by atoms with E-state index in [9.17, 15) is 0 Å². The molecule has 0 aromatic heterocycles. The van der Waals surface area contributed by atoms with Gasteiger partial charge in [-0.3, -0.25) is 0 Å². The molecule has 0 heterocycles. The molecule has 0 aromatic rings. The van der Waals surface area contributed by atoms with E-state index in [-0.39, 0.29) is 32.7 Å². The van der Waals surface area contributed by atoms with Gasteiger partial charge in [0.05, 0.1) is 0 Å². The Bertz CT molecular complexity index is 411. The van der Waals surface area contributed by atoms with E-state index in [0.29, 0.717) is 18.4 Å². The van der Waals surface area contributed by atoms with Crippen molar-refractivity contribution in [3.05, 3.63) is 43.4 Å². The standard InChI is InChI=1S/C10H20O.C10H20.C9H17.Y/c1-9(2)5-4-6-10(3)7-8-11;1-5-10(4)8-6-7-9(2)3;1-8(2)6-5-7-9(3)4;/h10-11H,1,4-8H2,2-3H3;10H,2,5-8H2,1,3-4H3;8H,1,3,5-7H2,2,4H3;/q;;-1;. The van der Waals surface area contributed by atoms with Crippen molar-refractivity contribution in [2.45, 2.75) is 119 Å². The van der Waals surface area contributed by atoms with Gasteiger partial charge in [0.1, 0.15) is 0 Å². The average Bonchev–Trinajstić information content (AvgIpc) is 2.61. The van der Waals surface area contributed by atoms with Crippen molar-refractivity contribution in [2.75, 3.05) is 6.61 Å². The molecule has 0 aliphatic rings. The van der Waals surface area contributed by atoms with Crippen LogP contribution in [-0.4, -0.2) is 11.7 Å². The van der Waals surface area contributed by atoms with Gasteiger partial charge < -0.3 is 12.0 Å². The van der Waals surface area contributed by atoms with Crippen molar-refractivity contribution in [2.24, 2.45) is 17.8 Å². The fourth-order valence-electron chi connectivity index (χ4n) is 2.83. The smallest absolute Gasteiger partial charge is 0.0433 e. The summed E-state index contributed by atoms with van der Waals surface area (Å²) < 4.78 is 0. The van der Waals surface area contributed by atoms with E-state index in [1.54, 1.807) is 0 Å². The van der Waals surface area contributed by atoms with Crippen LogP contribution in [0.25, 0.3) is 0 Å². The molecule has 0 aliphatic heterocycles. The van der Waals surface area contributed by atoms with E-state index in [0.717, 1.165) is 18.8 Å². The molecule has 0 aromatic carbocycles. The first kappa shape index (κ1) is 38.5. The third-order valence-electron chi connectivity index (χ3n) is 5.22. The molecule has 183 valence electrons. The van der Waals surface area contributed by atoms with Gasteiger partial charge in [0.2, 0.25) is 0 Å². The molecular formula is C29H57OY-. The Hall–Kier alpha value is 0.284. The SMILES string of the molecule is C=C(C)CCCC(C)CC.C=C(C)CCCC(C)CCO.C=C(C)CCCC([CH2-])C.[Y]. The van der Waals surface area contributed by atoms with E-state index in [1.807, 2.05) is 0 Å². The van der Waals surface area contributed by atoms with Crippen LogP contribution in [0.2, 0.25) is 0 Å². The van der Waals surface area contributed by atoms with Gasteiger partial charge in [-0.25, -0.2) is 0 Å². The first-order chi connectivity index (χ1) is 14.0. The van der Waals surface area contributed by atoms with E-state index in [2.05, 4.69) is 75.1 Å². The summed E-state index contributed by atoms with van der Waals surface area (Å²) in [7, 11) is 0. The molecule has 0 aliphatic carbocycles. The molecule has 3 atom stereocenters. The fraction of sp³-hybridized carbons (Fsp3) is 0.759. The number of hydrogen-bond donors (Lipinski definition) is 1. The van der Waals surface area contributed by atoms with Crippen molar-refractivity contribution < 1.29 is 37.8 Å². The summed E-state index contributed by atoms with van der Waals surface area (Å²) in [5.41, 5.74) is 3.88. The summed E-state index contributed by atoms with van der Waals surface area (Å²) in [4.78, 5) is 0. The van der Waals surface area contributed by atoms with Crippen LogP contribution < -0.4 is 0 Å². The van der Waals surface area contributed by atoms with Crippen LogP contribution in [0.15, 0.2) is 36.5 Å². The molecule has 1 radical (unpaired) electrons. The van der Waals surface area contributed by atoms with Crippen molar-refractivity contribution in [3.63, 3.8) is 0 Å². The predicted molar refractivity (Wildman–Crippen MR) is 141 cm³/mol. The van der Waals surface area contributed by atoms with E-state index in [4.69, 9.17) is 5.11 Å². The molecule has 0 amide bonds. The van der Waals surface area contributed by atoms with Crippen LogP contribution in [0.1, 0.15) is 119 Å². The van der Waals surface area contributed by atoms with Crippen molar-refractivity contribution >= 4 is 0 Å². The largest absolute Gasteiger partial charge is 0.396 e. The van der Waals surface area contributed by atoms with Gasteiger partial charge >= 0.3 is 0 Å². The Morgan fingerprint density at radius 1 is 0.710 bits per heavy atom. The molecule has 3 unspecified atom stereocenters. The molecule has 2 heteroatoms. The topological polar surface area (TPSA) is 20.2 Å². The third kappa shape index (κ3) is 44.7. The molecule has 1 N–H and O–H groups in total. The van der Waals surface area contributed by atoms with Gasteiger partial charge in [0, 0.05) is 39.3 Å². The van der Waals surface area contributed by atoms with Gasteiger partial charge in [-0.15, -0.1) is 19.7 Å². The van der Waals surface area contributed by atoms with Crippen molar-refractivity contribution in [1.29, 1.82) is 0 Å². The number of rotatable bonds is 15. The predicted octanol–water partition coefficient (Wildman–Crippen LogP) is 9.73. The van der Waals surface area contributed by atoms with Crippen LogP contribution in [0.3, 0.4) is 0 Å². The fourth-order valence-corrected chi connectivity index (χ4v) is 2.83. The Balaban J connectivity index is -0.000000174. The summed E-state index contributed by atoms with van der Waals surface area (Å²) in [5.74, 6) is 2.17. The number of aliphatic hydroxyl groups is 1. The minimum absolute atomic E-state index is 0. The van der Waals surface area contributed by atoms with Crippen LogP contribution in [-0.2, 0) is 32.7 Å². The number of allylic oxidation sites excluding steroid dienone is 3. The molecule has 0 rings (SSSR count). The Kier molecular flexibility index (Phi) is 35.2. The molecule has 0 saturated heterocycles. The van der Waals surface area contributed by atoms with Gasteiger partial charge in [-0.2, -0.15) is 5.92 Å². The first-order valence-electron chi connectivity index (χ1n) is 12.3. The van der Waals surface area contributed by atoms with Crippen molar-refractivity contribution in [1.82, 2.24) is 0 Å². The van der Waals surface area contributed by atoms with Crippen LogP contribution in [0.4, 0.5) is 0 Å². The second kappa shape index (κ2) is 28.3. The molecular weight excluding hydrogens is 453 g/mol. The normalized spacial score (nSPS) is 12.7. The maximum absolute atomic E-state index is 8.63. The summed E-state index contributed by atoms with van der Waals surface area (Å²) >= 11 is 0. The van der Waals surface area contributed by atoms with Crippen LogP contribution in [0, 0.1) is 24.7 Å². The minimum atomic E-state index is 0. The number of aliphatic hydroxyl groups excluding tert-OH is 1. The third-order valence-corrected chi connectivity index (χ3v) is 5.22. The van der Waals surface area contributed by atoms with Gasteiger partial charge in [0.25, 0.3) is 0 Å². The van der Waals surface area contributed by atoms with E-state index in [1.165, 1.54) is 74.5 Å². The zero-order valence-corrected chi connectivity index (χ0v) is 25.4. The Labute approximate surface area is 223 Å². The molecule has 31 heavy (non-hydrogen) atoms. The monoisotopic (exact) mass is 510 g/mol. The molecule has 0 spiro atoms.